The van der Waals surface area contributed by atoms with Crippen molar-refractivity contribution < 1.29 is 38.2 Å². The van der Waals surface area contributed by atoms with E-state index in [4.69, 9.17) is 26.3 Å². The number of ether oxygens (including phenoxy) is 1. The molecular formula is C52H44FN13O7. The molecule has 0 saturated heterocycles. The molecule has 6 N–H and O–H groups in total. The van der Waals surface area contributed by atoms with Crippen molar-refractivity contribution in [1.29, 1.82) is 0 Å². The second-order valence-corrected chi connectivity index (χ2v) is 15.9. The third-order valence-electron chi connectivity index (χ3n) is 11.2. The Hall–Kier alpha value is -10.2. The van der Waals surface area contributed by atoms with Gasteiger partial charge in [-0.15, -0.1) is 0 Å². The molecule has 0 spiro atoms. The number of imide groups is 2. The van der Waals surface area contributed by atoms with E-state index in [1.807, 2.05) is 0 Å². The van der Waals surface area contributed by atoms with E-state index in [1.54, 1.807) is 54.6 Å². The van der Waals surface area contributed by atoms with Gasteiger partial charge < -0.3 is 26.6 Å². The van der Waals surface area contributed by atoms with Crippen molar-refractivity contribution >= 4 is 68.9 Å². The smallest absolute Gasteiger partial charge is 0.260 e. The van der Waals surface area contributed by atoms with Crippen molar-refractivity contribution in [3.63, 3.8) is 0 Å². The van der Waals surface area contributed by atoms with Crippen molar-refractivity contribution in [1.82, 2.24) is 49.3 Å². The molecule has 366 valence electrons. The van der Waals surface area contributed by atoms with E-state index in [9.17, 15) is 33.5 Å². The number of nitrogens with one attached hydrogen (secondary N) is 1. The zero-order valence-electron chi connectivity index (χ0n) is 38.8. The van der Waals surface area contributed by atoms with Crippen LogP contribution in [0.25, 0.3) is 56.0 Å². The minimum absolute atomic E-state index is 0.0295. The fourth-order valence-corrected chi connectivity index (χ4v) is 7.80. The van der Waals surface area contributed by atoms with Gasteiger partial charge in [-0.05, 0) is 66.8 Å². The number of anilines is 3. The van der Waals surface area contributed by atoms with Crippen LogP contribution >= 0.6 is 0 Å². The number of nitrogens with zero attached hydrogens (tertiary/aromatic N) is 10. The Morgan fingerprint density at radius 2 is 1.33 bits per heavy atom. The first-order chi connectivity index (χ1) is 35.2. The highest BCUT2D eigenvalue weighted by atomic mass is 19.1. The SMILES string of the molecule is C=CCOc1cc(F)cc(-c2nn(CCN(C(=O)C=C)C(=O)c3cccc(-c4nc(N)c5c(-c6ccc(NC(=O)C=C)c(O)c6)nn(CCN(C(=O)C=C)C(=O)c6ccccc6)c5n4)c3)c3ncnc(N)c23)c1. The summed E-state index contributed by atoms with van der Waals surface area (Å²) in [5.41, 5.74) is 15.2. The van der Waals surface area contributed by atoms with Gasteiger partial charge in [-0.25, -0.2) is 33.7 Å². The van der Waals surface area contributed by atoms with Crippen LogP contribution in [-0.2, 0) is 27.5 Å². The van der Waals surface area contributed by atoms with Gasteiger partial charge in [-0.1, -0.05) is 68.8 Å². The van der Waals surface area contributed by atoms with Crippen LogP contribution in [0, 0.1) is 5.82 Å². The molecule has 0 bridgehead atoms. The highest BCUT2D eigenvalue weighted by Gasteiger charge is 2.27. The molecule has 4 heterocycles. The number of hydrogen-bond acceptors (Lipinski definition) is 15. The van der Waals surface area contributed by atoms with Gasteiger partial charge in [0.2, 0.25) is 5.91 Å². The normalized spacial score (nSPS) is 10.9. The average Bonchev–Trinajstić information content (AvgIpc) is 3.98. The summed E-state index contributed by atoms with van der Waals surface area (Å²) in [5.74, 6) is -3.93. The van der Waals surface area contributed by atoms with E-state index < -0.39 is 35.4 Å². The largest absolute Gasteiger partial charge is 0.506 e. The second-order valence-electron chi connectivity index (χ2n) is 15.9. The summed E-state index contributed by atoms with van der Waals surface area (Å²) in [5, 5.41) is 23.5. The van der Waals surface area contributed by atoms with E-state index in [1.165, 1.54) is 58.2 Å². The van der Waals surface area contributed by atoms with Crippen LogP contribution < -0.4 is 21.5 Å². The fourth-order valence-electron chi connectivity index (χ4n) is 7.80. The molecule has 0 aliphatic rings. The zero-order valence-corrected chi connectivity index (χ0v) is 38.8. The predicted molar refractivity (Wildman–Crippen MR) is 271 cm³/mol. The first-order valence-electron chi connectivity index (χ1n) is 22.2. The lowest BCUT2D eigenvalue weighted by Gasteiger charge is -2.20. The number of carbonyl (C=O) groups excluding carboxylic acids is 5. The maximum Gasteiger partial charge on any atom is 0.260 e. The number of fused-ring (bicyclic) bond motifs is 2. The maximum atomic E-state index is 14.9. The number of amides is 5. The summed E-state index contributed by atoms with van der Waals surface area (Å²) in [6, 6.07) is 22.8. The maximum absolute atomic E-state index is 14.9. The van der Waals surface area contributed by atoms with Crippen molar-refractivity contribution in [2.45, 2.75) is 13.1 Å². The molecule has 0 saturated carbocycles. The third-order valence-corrected chi connectivity index (χ3v) is 11.2. The van der Waals surface area contributed by atoms with Crippen LogP contribution in [0.4, 0.5) is 21.7 Å². The standard InChI is InChI=1S/C52H44FN13O7/c1-5-23-73-36-26-34(25-35(53)28-36)45-42-46(54)56-29-57-49(42)65(62-45)21-19-64(41(70)8-4)52(72)33-16-12-15-32(24-33)48-59-47(55)43-44(31-17-18-37(38(67)27-31)58-39(68)6-2)61-66(50(43)60-48)22-20-63(40(69)7-3)51(71)30-13-10-9-11-14-30/h5-18,24-29,67H,1-4,19-23H2,(H,58,68)(H2,54,56,57)(H2,55,59,60). The summed E-state index contributed by atoms with van der Waals surface area (Å²) in [6.45, 7) is 13.7. The Morgan fingerprint density at radius 3 is 1.99 bits per heavy atom. The van der Waals surface area contributed by atoms with Crippen LogP contribution in [0.5, 0.6) is 11.5 Å². The van der Waals surface area contributed by atoms with Crippen molar-refractivity contribution in [2.24, 2.45) is 0 Å². The summed E-state index contributed by atoms with van der Waals surface area (Å²) < 4.78 is 23.3. The molecule has 21 heteroatoms. The number of aromatic hydroxyl groups is 1. The third kappa shape index (κ3) is 10.3. The number of carbonyl (C=O) groups is 5. The summed E-state index contributed by atoms with van der Waals surface area (Å²) in [4.78, 5) is 86.5. The molecule has 0 radical (unpaired) electrons. The minimum Gasteiger partial charge on any atom is -0.506 e. The van der Waals surface area contributed by atoms with E-state index in [0.717, 1.165) is 28.0 Å². The number of rotatable bonds is 18. The number of aromatic nitrogens is 8. The van der Waals surface area contributed by atoms with E-state index in [0.29, 0.717) is 22.1 Å². The van der Waals surface area contributed by atoms with Gasteiger partial charge in [0.1, 0.15) is 53.3 Å². The molecule has 0 aliphatic carbocycles. The van der Waals surface area contributed by atoms with Crippen molar-refractivity contribution in [2.75, 3.05) is 36.5 Å². The number of phenolic OH excluding ortho intramolecular Hbond substituents is 1. The van der Waals surface area contributed by atoms with Crippen molar-refractivity contribution in [3.8, 4) is 45.4 Å². The summed E-state index contributed by atoms with van der Waals surface area (Å²) >= 11 is 0. The average molecular weight is 982 g/mol. The monoisotopic (exact) mass is 981 g/mol. The van der Waals surface area contributed by atoms with Crippen LogP contribution in [0.2, 0.25) is 0 Å². The molecule has 4 aromatic carbocycles. The van der Waals surface area contributed by atoms with Gasteiger partial charge in [0, 0.05) is 47.0 Å². The molecule has 73 heavy (non-hydrogen) atoms. The molecule has 0 unspecified atom stereocenters. The molecule has 20 nitrogen and oxygen atoms in total. The number of nitrogen functional groups attached to an aromatic ring is 2. The van der Waals surface area contributed by atoms with E-state index in [-0.39, 0.29) is 107 Å². The lowest BCUT2D eigenvalue weighted by molar-refractivity contribution is -0.124. The van der Waals surface area contributed by atoms with Gasteiger partial charge in [0.25, 0.3) is 23.6 Å². The molecule has 5 amide bonds. The number of benzene rings is 4. The summed E-state index contributed by atoms with van der Waals surface area (Å²) in [7, 11) is 0. The lowest BCUT2D eigenvalue weighted by atomic mass is 10.1. The van der Waals surface area contributed by atoms with Gasteiger partial charge in [0.15, 0.2) is 17.1 Å². The highest BCUT2D eigenvalue weighted by Crippen LogP contribution is 2.37. The van der Waals surface area contributed by atoms with Crippen LogP contribution in [0.1, 0.15) is 20.7 Å². The second kappa shape index (κ2) is 21.2. The fraction of sp³-hybridized carbons (Fsp3) is 0.0962. The zero-order chi connectivity index (χ0) is 51.9. The topological polar surface area (TPSA) is 273 Å². The van der Waals surface area contributed by atoms with Gasteiger partial charge in [-0.3, -0.25) is 33.8 Å². The molecule has 8 aromatic rings. The number of nitrogens with two attached hydrogens (primary N) is 2. The number of hydrogen-bond donors (Lipinski definition) is 4. The Bertz CT molecular complexity index is 3560. The Labute approximate surface area is 415 Å². The minimum atomic E-state index is -0.731. The van der Waals surface area contributed by atoms with E-state index in [2.05, 4.69) is 51.7 Å². The molecule has 0 atom stereocenters. The molecule has 8 rings (SSSR count). The van der Waals surface area contributed by atoms with Gasteiger partial charge in [0.05, 0.1) is 29.5 Å². The Kier molecular flexibility index (Phi) is 14.3. The lowest BCUT2D eigenvalue weighted by Crippen LogP contribution is -2.38. The van der Waals surface area contributed by atoms with Gasteiger partial charge >= 0.3 is 0 Å². The molecule has 0 aliphatic heterocycles. The predicted octanol–water partition coefficient (Wildman–Crippen LogP) is 6.38. The Balaban J connectivity index is 1.14. The quantitative estimate of drug-likeness (QED) is 0.0413. The van der Waals surface area contributed by atoms with E-state index >= 15 is 0 Å². The van der Waals surface area contributed by atoms with Crippen LogP contribution in [0.15, 0.2) is 148 Å². The first-order valence-corrected chi connectivity index (χ1v) is 22.2. The first kappa shape index (κ1) is 49.2. The van der Waals surface area contributed by atoms with Crippen molar-refractivity contribution in [3.05, 3.63) is 165 Å². The highest BCUT2D eigenvalue weighted by molar-refractivity contribution is 6.09. The Morgan fingerprint density at radius 1 is 0.685 bits per heavy atom. The summed E-state index contributed by atoms with van der Waals surface area (Å²) in [6.07, 6.45) is 5.80. The molecular weight excluding hydrogens is 938 g/mol. The van der Waals surface area contributed by atoms with Crippen LogP contribution in [-0.4, -0.2) is 104 Å². The molecule has 0 fully saturated rings. The van der Waals surface area contributed by atoms with Crippen LogP contribution in [0.3, 0.4) is 0 Å². The number of phenols is 1. The number of halogens is 1. The molecule has 4 aromatic heterocycles. The van der Waals surface area contributed by atoms with Gasteiger partial charge in [-0.2, -0.15) is 10.2 Å².